The molecule has 0 aliphatic carbocycles. The largest absolute Gasteiger partial charge is 0.394 e. The van der Waals surface area contributed by atoms with Crippen LogP contribution >= 0.6 is 0 Å². The van der Waals surface area contributed by atoms with E-state index >= 15 is 0 Å². The van der Waals surface area contributed by atoms with E-state index in [0.717, 1.165) is 49.6 Å². The van der Waals surface area contributed by atoms with Gasteiger partial charge in [-0.15, -0.1) is 0 Å². The highest BCUT2D eigenvalue weighted by Crippen LogP contribution is 2.07. The lowest BCUT2D eigenvalue weighted by molar-refractivity contribution is -0.129. The van der Waals surface area contributed by atoms with Gasteiger partial charge in [-0.3, -0.25) is 4.79 Å². The minimum atomic E-state index is -0.167. The molecule has 3 rings (SSSR count). The lowest BCUT2D eigenvalue weighted by atomic mass is 10.1. The molecule has 2 aromatic carbocycles. The zero-order valence-corrected chi connectivity index (χ0v) is 66.8. The molecule has 0 saturated carbocycles. The first kappa shape index (κ1) is 198. The zero-order valence-electron chi connectivity index (χ0n) is 66.8. The molecule has 0 radical (unpaired) electrons. The van der Waals surface area contributed by atoms with E-state index in [1.54, 1.807) is 20.8 Å². The molecule has 0 aromatic heterocycles. The fraction of sp³-hybridized carbons (Fsp3) is 0.647. The number of rotatable bonds is 5. The summed E-state index contributed by atoms with van der Waals surface area (Å²) in [5, 5.41) is 8.06. The lowest BCUT2D eigenvalue weighted by Gasteiger charge is -2.24. The zero-order chi connectivity index (χ0) is 78.3. The maximum Gasteiger partial charge on any atom is 0.219 e. The van der Waals surface area contributed by atoms with Crippen molar-refractivity contribution in [1.82, 2.24) is 35.7 Å². The van der Waals surface area contributed by atoms with E-state index in [1.807, 2.05) is 133 Å². The number of piperidine rings is 1. The first-order valence-electron chi connectivity index (χ1n) is 29.1. The summed E-state index contributed by atoms with van der Waals surface area (Å²) < 4.78 is 0. The average Bonchev–Trinajstić information content (AvgIpc) is 3.64. The third kappa shape index (κ3) is 596. The van der Waals surface area contributed by atoms with Crippen LogP contribution in [0.3, 0.4) is 0 Å². The first-order valence-corrected chi connectivity index (χ1v) is 29.1. The van der Waals surface area contributed by atoms with E-state index in [0.29, 0.717) is 0 Å². The minimum Gasteiger partial charge on any atom is -0.394 e. The van der Waals surface area contributed by atoms with E-state index in [1.165, 1.54) is 91.9 Å². The van der Waals surface area contributed by atoms with Gasteiger partial charge in [0.05, 0.1) is 0 Å². The number of amides is 1. The van der Waals surface area contributed by atoms with Crippen molar-refractivity contribution in [1.29, 1.82) is 0 Å². The normalized spacial score (nSPS) is 6.87. The number of carbonyl (C=O) groups excluding carboxylic acids is 12. The monoisotopic (exact) mass is 1370 g/mol. The Morgan fingerprint density at radius 1 is 0.355 bits per heavy atom. The molecule has 1 aliphatic rings. The summed E-state index contributed by atoms with van der Waals surface area (Å²) in [6.45, 7) is 71.8. The van der Waals surface area contributed by atoms with Crippen LogP contribution in [0.25, 0.3) is 0 Å². The smallest absolute Gasteiger partial charge is 0.219 e. The van der Waals surface area contributed by atoms with Gasteiger partial charge in [-0.1, -0.05) is 218 Å². The van der Waals surface area contributed by atoms with Crippen molar-refractivity contribution in [3.63, 3.8) is 0 Å². The van der Waals surface area contributed by atoms with Crippen LogP contribution in [-0.2, 0) is 70.4 Å². The van der Waals surface area contributed by atoms with E-state index in [9.17, 15) is 4.79 Å². The Bertz CT molecular complexity index is 968. The topological polar surface area (TPSA) is 559 Å². The highest BCUT2D eigenvalue weighted by atomic mass is 16.3. The number of nitrogens with zero attached hydrogens (tertiary/aromatic N) is 1. The van der Waals surface area contributed by atoms with Gasteiger partial charge < -0.3 is 128 Å². The summed E-state index contributed by atoms with van der Waals surface area (Å²) in [6, 6.07) is 20.9. The maximum atomic E-state index is 10.7. The van der Waals surface area contributed by atoms with Crippen molar-refractivity contribution in [3.8, 4) is 0 Å². The Morgan fingerprint density at radius 2 is 0.473 bits per heavy atom. The highest BCUT2D eigenvalue weighted by molar-refractivity contribution is 5.73. The molecule has 0 spiro atoms. The summed E-state index contributed by atoms with van der Waals surface area (Å²) in [7, 11) is 9.00. The molecule has 1 amide bonds. The molecule has 93 heavy (non-hydrogen) atoms. The quantitative estimate of drug-likeness (QED) is 0.132. The fourth-order valence-electron chi connectivity index (χ4n) is 2.64. The molecule has 1 saturated heterocycles. The molecule has 0 unspecified atom stereocenters. The summed E-state index contributed by atoms with van der Waals surface area (Å²) >= 11 is 0. The van der Waals surface area contributed by atoms with Gasteiger partial charge in [0.1, 0.15) is 74.7 Å². The van der Waals surface area contributed by atoms with E-state index in [2.05, 4.69) is 180 Å². The first-order chi connectivity index (χ1) is 42.4. The molecule has 28 N–H and O–H groups in total. The van der Waals surface area contributed by atoms with Crippen LogP contribution in [0.4, 0.5) is 0 Å². The SMILES string of the molecule is C=O.C=O.C=O.C=O.C=O.C=O.C=O.C=O.C=O.C=O.C=O.CC.CC.CC.CC(=O)N1CCCCC1.CC(C)C.CC(C)O.CCC(C)C.CCC(C)C.CCC(C)C.CCc1ccccc1.CCc1ccccc1.CN.CN.CN.CN.CN.CN.N.N.N.N.N. The number of aliphatic hydroxyl groups is 1. The Balaban J connectivity index is -0.0000000162. The number of hydrogen-bond acceptors (Lipinski definition) is 24. The number of likely N-dealkylation sites (tertiary alicyclic amines) is 1. The van der Waals surface area contributed by atoms with Gasteiger partial charge in [-0.25, -0.2) is 0 Å². The third-order valence-electron chi connectivity index (χ3n) is 6.75. The van der Waals surface area contributed by atoms with Gasteiger partial charge in [-0.05, 0) is 123 Å². The molecule has 1 heterocycles. The molecule has 1 fully saturated rings. The van der Waals surface area contributed by atoms with Crippen LogP contribution < -0.4 is 65.2 Å². The number of hydrogen-bond donors (Lipinski definition) is 12. The Hall–Kier alpha value is -6.20. The second-order valence-corrected chi connectivity index (χ2v) is 14.5. The number of carbonyl (C=O) groups is 12. The predicted octanol–water partition coefficient (Wildman–Crippen LogP) is 13.0. The Kier molecular flexibility index (Phi) is 789. The van der Waals surface area contributed by atoms with Gasteiger partial charge in [-0.2, -0.15) is 0 Å². The summed E-state index contributed by atoms with van der Waals surface area (Å²) in [4.78, 5) is 101. The molecule has 582 valence electrons. The van der Waals surface area contributed by atoms with Crippen LogP contribution in [0.2, 0.25) is 0 Å². The molecule has 1 aliphatic heterocycles. The fourth-order valence-corrected chi connectivity index (χ4v) is 2.64. The van der Waals surface area contributed by atoms with Crippen LogP contribution in [0.1, 0.15) is 209 Å². The second-order valence-electron chi connectivity index (χ2n) is 14.5. The Morgan fingerprint density at radius 3 is 0.538 bits per heavy atom. The van der Waals surface area contributed by atoms with Crippen molar-refractivity contribution >= 4 is 80.6 Å². The molecule has 2 aromatic rings. The van der Waals surface area contributed by atoms with Crippen molar-refractivity contribution in [2.75, 3.05) is 55.4 Å². The van der Waals surface area contributed by atoms with Crippen molar-refractivity contribution < 1.29 is 62.6 Å². The third-order valence-corrected chi connectivity index (χ3v) is 6.75. The summed E-state index contributed by atoms with van der Waals surface area (Å²) in [6.07, 6.45) is 9.71. The van der Waals surface area contributed by atoms with Crippen molar-refractivity contribution in [2.45, 2.75) is 217 Å². The molecular weight excluding hydrogens is 1190 g/mol. The number of aliphatic hydroxyl groups excluding tert-OH is 1. The standard InChI is InChI=1S/2C8H10.C7H13NO.3C5H12.C4H10.C3H8O.3C2H6.6CH5N.11CH2O.5H3N/c2*1-2-8-6-4-3-5-7-8;1-7(9)8-5-3-2-4-6-8;3*1-4-5(2)3;1-4(2)3;1-3(2)4;20*1-2;;;;;/h2*3-7H,2H2,1H3;2-6H2,1H3;3*5H,4H2,1-3H3;4H,1-3H3;3-4H,1-2H3;3*1-2H3;6*2H2,1H3;11*1H2;5*1H3. The molecule has 0 bridgehead atoms. The van der Waals surface area contributed by atoms with Gasteiger partial charge in [0.25, 0.3) is 0 Å². The minimum absolute atomic E-state index is 0. The Labute approximate surface area is 578 Å². The number of benzene rings is 2. The number of nitrogens with two attached hydrogens (primary N) is 6. The van der Waals surface area contributed by atoms with Crippen molar-refractivity contribution in [2.24, 2.45) is 58.1 Å². The van der Waals surface area contributed by atoms with Crippen LogP contribution in [0.5, 0.6) is 0 Å². The van der Waals surface area contributed by atoms with Crippen LogP contribution in [-0.4, -0.2) is 152 Å². The molecular formula is C68H172N12O13. The lowest BCUT2D eigenvalue weighted by Crippen LogP contribution is -2.33. The molecule has 25 heteroatoms. The molecule has 0 atom stereocenters. The molecule has 25 nitrogen and oxygen atoms in total. The van der Waals surface area contributed by atoms with E-state index in [4.69, 9.17) is 57.8 Å². The average molecular weight is 1370 g/mol. The van der Waals surface area contributed by atoms with Gasteiger partial charge in [0, 0.05) is 26.1 Å². The summed E-state index contributed by atoms with van der Waals surface area (Å²) in [5.74, 6) is 3.72. The maximum absolute atomic E-state index is 10.7. The van der Waals surface area contributed by atoms with Crippen LogP contribution in [0, 0.1) is 23.7 Å². The van der Waals surface area contributed by atoms with E-state index in [-0.39, 0.29) is 42.8 Å². The second kappa shape index (κ2) is 371. The number of aryl methyl sites for hydroxylation is 2. The predicted molar refractivity (Wildman–Crippen MR) is 419 cm³/mol. The van der Waals surface area contributed by atoms with Gasteiger partial charge >= 0.3 is 0 Å². The van der Waals surface area contributed by atoms with Crippen LogP contribution in [0.15, 0.2) is 60.7 Å². The van der Waals surface area contributed by atoms with E-state index < -0.39 is 0 Å². The van der Waals surface area contributed by atoms with Crippen molar-refractivity contribution in [3.05, 3.63) is 71.8 Å². The van der Waals surface area contributed by atoms with Gasteiger partial charge in [0.15, 0.2) is 0 Å². The van der Waals surface area contributed by atoms with Gasteiger partial charge in [0.2, 0.25) is 5.91 Å². The highest BCUT2D eigenvalue weighted by Gasteiger charge is 2.11. The summed E-state index contributed by atoms with van der Waals surface area (Å²) in [5.41, 5.74) is 29.8.